The van der Waals surface area contributed by atoms with Crippen LogP contribution in [0.25, 0.3) is 0 Å². The number of benzene rings is 2. The number of carbonyl (C=O) groups excluding carboxylic acids is 1. The maximum absolute atomic E-state index is 12.5. The minimum absolute atomic E-state index is 0.165. The zero-order chi connectivity index (χ0) is 19.2. The predicted molar refractivity (Wildman–Crippen MR) is 102 cm³/mol. The Bertz CT molecular complexity index is 904. The predicted octanol–water partition coefficient (Wildman–Crippen LogP) is 3.27. The molecular formula is C20H22N4O3. The lowest BCUT2D eigenvalue weighted by atomic mass is 10.1. The summed E-state index contributed by atoms with van der Waals surface area (Å²) in [5.41, 5.74) is 2.42. The van der Waals surface area contributed by atoms with Gasteiger partial charge in [0.25, 0.3) is 5.91 Å². The topological polar surface area (TPSA) is 80.5 Å². The Morgan fingerprint density at radius 2 is 1.89 bits per heavy atom. The highest BCUT2D eigenvalue weighted by molar-refractivity contribution is 6.04. The Balaban J connectivity index is 1.62. The first-order valence-corrected chi connectivity index (χ1v) is 8.57. The molecule has 0 saturated heterocycles. The molecule has 3 aromatic rings. The molecule has 0 unspecified atom stereocenters. The second-order valence-corrected chi connectivity index (χ2v) is 6.39. The van der Waals surface area contributed by atoms with Gasteiger partial charge in [-0.05, 0) is 50.0 Å². The van der Waals surface area contributed by atoms with Crippen LogP contribution in [0.5, 0.6) is 5.75 Å². The van der Waals surface area contributed by atoms with Crippen molar-refractivity contribution < 1.29 is 14.1 Å². The molecule has 0 aliphatic heterocycles. The fraction of sp³-hybridized carbons (Fsp3) is 0.250. The highest BCUT2D eigenvalue weighted by Gasteiger charge is 2.10. The van der Waals surface area contributed by atoms with Crippen molar-refractivity contribution in [2.75, 3.05) is 19.4 Å². The number of anilines is 1. The van der Waals surface area contributed by atoms with Gasteiger partial charge < -0.3 is 19.5 Å². The Morgan fingerprint density at radius 1 is 1.15 bits per heavy atom. The van der Waals surface area contributed by atoms with Gasteiger partial charge in [0.2, 0.25) is 11.7 Å². The van der Waals surface area contributed by atoms with E-state index < -0.39 is 0 Å². The first kappa shape index (κ1) is 18.6. The maximum Gasteiger partial charge on any atom is 0.255 e. The van der Waals surface area contributed by atoms with E-state index in [-0.39, 0.29) is 12.5 Å². The highest BCUT2D eigenvalue weighted by atomic mass is 16.5. The average molecular weight is 366 g/mol. The molecule has 7 nitrogen and oxygen atoms in total. The maximum atomic E-state index is 12.5. The van der Waals surface area contributed by atoms with Crippen molar-refractivity contribution in [3.05, 3.63) is 71.4 Å². The van der Waals surface area contributed by atoms with Crippen molar-refractivity contribution in [1.29, 1.82) is 0 Å². The number of aryl methyl sites for hydroxylation is 1. The normalized spacial score (nSPS) is 10.8. The number of nitrogens with zero attached hydrogens (tertiary/aromatic N) is 3. The molecule has 1 heterocycles. The van der Waals surface area contributed by atoms with E-state index in [4.69, 9.17) is 9.26 Å². The van der Waals surface area contributed by atoms with Gasteiger partial charge in [-0.1, -0.05) is 23.4 Å². The number of ether oxygens (including phenoxy) is 1. The standard InChI is InChI=1S/C20H22N4O3/c1-14-21-19(23-27-14)13-26-17-10-8-15(9-11-17)20(25)22-18-7-5-4-6-16(18)12-24(2)3/h4-11H,12-13H2,1-3H3,(H,22,25). The van der Waals surface area contributed by atoms with Crippen molar-refractivity contribution >= 4 is 11.6 Å². The lowest BCUT2D eigenvalue weighted by molar-refractivity contribution is 0.102. The van der Waals surface area contributed by atoms with E-state index in [1.165, 1.54) is 0 Å². The molecule has 140 valence electrons. The van der Waals surface area contributed by atoms with Gasteiger partial charge in [0.1, 0.15) is 5.75 Å². The third-order valence-corrected chi connectivity index (χ3v) is 3.81. The van der Waals surface area contributed by atoms with Gasteiger partial charge in [0.15, 0.2) is 6.61 Å². The largest absolute Gasteiger partial charge is 0.485 e. The highest BCUT2D eigenvalue weighted by Crippen LogP contribution is 2.19. The number of hydrogen-bond acceptors (Lipinski definition) is 6. The Kier molecular flexibility index (Phi) is 5.83. The number of amides is 1. The van der Waals surface area contributed by atoms with E-state index in [0.29, 0.717) is 23.0 Å². The van der Waals surface area contributed by atoms with Crippen molar-refractivity contribution in [3.8, 4) is 5.75 Å². The quantitative estimate of drug-likeness (QED) is 0.691. The molecule has 0 spiro atoms. The van der Waals surface area contributed by atoms with Gasteiger partial charge in [-0.2, -0.15) is 4.98 Å². The van der Waals surface area contributed by atoms with Gasteiger partial charge in [0.05, 0.1) is 0 Å². The molecule has 0 saturated carbocycles. The van der Waals surface area contributed by atoms with E-state index >= 15 is 0 Å². The summed E-state index contributed by atoms with van der Waals surface area (Å²) >= 11 is 0. The van der Waals surface area contributed by atoms with Crippen molar-refractivity contribution in [1.82, 2.24) is 15.0 Å². The van der Waals surface area contributed by atoms with Crippen LogP contribution in [-0.4, -0.2) is 35.0 Å². The molecule has 0 aliphatic carbocycles. The lowest BCUT2D eigenvalue weighted by Crippen LogP contribution is -2.16. The number of rotatable bonds is 7. The summed E-state index contributed by atoms with van der Waals surface area (Å²) in [6.45, 7) is 2.68. The Labute approximate surface area is 158 Å². The van der Waals surface area contributed by atoms with Gasteiger partial charge in [-0.15, -0.1) is 0 Å². The Hall–Kier alpha value is -3.19. The van der Waals surface area contributed by atoms with Crippen LogP contribution in [-0.2, 0) is 13.2 Å². The van der Waals surface area contributed by atoms with Crippen molar-refractivity contribution in [3.63, 3.8) is 0 Å². The first-order valence-electron chi connectivity index (χ1n) is 8.57. The zero-order valence-electron chi connectivity index (χ0n) is 15.6. The molecule has 0 bridgehead atoms. The molecule has 1 N–H and O–H groups in total. The number of hydrogen-bond donors (Lipinski definition) is 1. The SMILES string of the molecule is Cc1nc(COc2ccc(C(=O)Nc3ccccc3CN(C)C)cc2)no1. The molecule has 0 atom stereocenters. The minimum atomic E-state index is -0.165. The molecule has 0 radical (unpaired) electrons. The van der Waals surface area contributed by atoms with Crippen molar-refractivity contribution in [2.24, 2.45) is 0 Å². The third-order valence-electron chi connectivity index (χ3n) is 3.81. The van der Waals surface area contributed by atoms with E-state index in [1.54, 1.807) is 31.2 Å². The van der Waals surface area contributed by atoms with E-state index in [1.807, 2.05) is 38.4 Å². The summed E-state index contributed by atoms with van der Waals surface area (Å²) in [6.07, 6.45) is 0. The fourth-order valence-electron chi connectivity index (χ4n) is 2.57. The van der Waals surface area contributed by atoms with Crippen LogP contribution in [0.4, 0.5) is 5.69 Å². The average Bonchev–Trinajstić information content (AvgIpc) is 3.07. The van der Waals surface area contributed by atoms with Crippen LogP contribution < -0.4 is 10.1 Å². The van der Waals surface area contributed by atoms with Crippen LogP contribution in [0.2, 0.25) is 0 Å². The molecule has 7 heteroatoms. The summed E-state index contributed by atoms with van der Waals surface area (Å²) in [4.78, 5) is 18.7. The lowest BCUT2D eigenvalue weighted by Gasteiger charge is -2.15. The monoisotopic (exact) mass is 366 g/mol. The van der Waals surface area contributed by atoms with Crippen LogP contribution in [0, 0.1) is 6.92 Å². The van der Waals surface area contributed by atoms with Gasteiger partial charge in [-0.25, -0.2) is 0 Å². The minimum Gasteiger partial charge on any atom is -0.485 e. The summed E-state index contributed by atoms with van der Waals surface area (Å²) < 4.78 is 10.5. The molecule has 1 aromatic heterocycles. The second kappa shape index (κ2) is 8.46. The summed E-state index contributed by atoms with van der Waals surface area (Å²) in [7, 11) is 3.99. The number of para-hydroxylation sites is 1. The zero-order valence-corrected chi connectivity index (χ0v) is 15.6. The summed E-state index contributed by atoms with van der Waals surface area (Å²) in [6, 6.07) is 14.7. The third kappa shape index (κ3) is 5.15. The number of carbonyl (C=O) groups is 1. The van der Waals surface area contributed by atoms with E-state index in [2.05, 4.69) is 20.4 Å². The fourth-order valence-corrected chi connectivity index (χ4v) is 2.57. The smallest absolute Gasteiger partial charge is 0.255 e. The van der Waals surface area contributed by atoms with Gasteiger partial charge >= 0.3 is 0 Å². The van der Waals surface area contributed by atoms with Crippen LogP contribution >= 0.6 is 0 Å². The molecule has 27 heavy (non-hydrogen) atoms. The van der Waals surface area contributed by atoms with Gasteiger partial charge in [-0.3, -0.25) is 4.79 Å². The molecule has 1 amide bonds. The molecule has 0 aliphatic rings. The first-order chi connectivity index (χ1) is 13.0. The number of nitrogens with one attached hydrogen (secondary N) is 1. The van der Waals surface area contributed by atoms with Gasteiger partial charge in [0, 0.05) is 24.7 Å². The van der Waals surface area contributed by atoms with E-state index in [0.717, 1.165) is 17.8 Å². The Morgan fingerprint density at radius 3 is 2.56 bits per heavy atom. The molecule has 2 aromatic carbocycles. The van der Waals surface area contributed by atoms with Crippen LogP contribution in [0.3, 0.4) is 0 Å². The van der Waals surface area contributed by atoms with Crippen molar-refractivity contribution in [2.45, 2.75) is 20.1 Å². The van der Waals surface area contributed by atoms with E-state index in [9.17, 15) is 4.79 Å². The molecular weight excluding hydrogens is 344 g/mol. The van der Waals surface area contributed by atoms with Crippen LogP contribution in [0.1, 0.15) is 27.6 Å². The molecule has 0 fully saturated rings. The summed E-state index contributed by atoms with van der Waals surface area (Å²) in [5.74, 6) is 1.44. The summed E-state index contributed by atoms with van der Waals surface area (Å²) in [5, 5.41) is 6.75. The molecule has 3 rings (SSSR count). The second-order valence-electron chi connectivity index (χ2n) is 6.39. The van der Waals surface area contributed by atoms with Crippen LogP contribution in [0.15, 0.2) is 53.1 Å². The number of aromatic nitrogens is 2.